The van der Waals surface area contributed by atoms with E-state index < -0.39 is 43.8 Å². The van der Waals surface area contributed by atoms with Crippen molar-refractivity contribution in [2.24, 2.45) is 0 Å². The fourth-order valence-corrected chi connectivity index (χ4v) is 1.19. The minimum Gasteiger partial charge on any atom is -0.424 e. The van der Waals surface area contributed by atoms with Gasteiger partial charge in [-0.3, -0.25) is 0 Å². The summed E-state index contributed by atoms with van der Waals surface area (Å²) >= 11 is 0. The summed E-state index contributed by atoms with van der Waals surface area (Å²) in [6, 6.07) is 0. The molecule has 1 rings (SSSR count). The van der Waals surface area contributed by atoms with Crippen LogP contribution >= 0.6 is 0 Å². The van der Waals surface area contributed by atoms with Gasteiger partial charge in [0, 0.05) is 0 Å². The smallest absolute Gasteiger partial charge is 0.424 e. The Kier molecular flexibility index (Phi) is 3.64. The molecule has 14 heavy (non-hydrogen) atoms. The van der Waals surface area contributed by atoms with Crippen LogP contribution in [0.3, 0.4) is 0 Å². The summed E-state index contributed by atoms with van der Waals surface area (Å²) in [5, 5.41) is 35.6. The highest BCUT2D eigenvalue weighted by atomic mass is 16.8. The molecule has 1 aliphatic heterocycles. The molecule has 0 saturated carbocycles. The molecule has 0 spiro atoms. The van der Waals surface area contributed by atoms with E-state index in [-0.39, 0.29) is 0 Å². The van der Waals surface area contributed by atoms with Crippen LogP contribution in [0.25, 0.3) is 0 Å². The quantitative estimate of drug-likeness (QED) is 0.380. The molecule has 1 aliphatic rings. The van der Waals surface area contributed by atoms with Crippen molar-refractivity contribution in [3.8, 4) is 0 Å². The molecule has 0 aromatic carbocycles. The Hall–Kier alpha value is -0.890. The zero-order chi connectivity index (χ0) is 10.7. The third kappa shape index (κ3) is 2.13. The molecule has 4 atom stereocenters. The molecular formula is C7H12O7. The van der Waals surface area contributed by atoms with E-state index in [1.54, 1.807) is 0 Å². The minimum absolute atomic E-state index is 0.629. The molecule has 0 aliphatic carbocycles. The monoisotopic (exact) mass is 208 g/mol. The molecule has 0 unspecified atom stereocenters. The van der Waals surface area contributed by atoms with Gasteiger partial charge >= 0.3 is 6.16 Å². The van der Waals surface area contributed by atoms with Crippen molar-refractivity contribution in [1.29, 1.82) is 0 Å². The SMILES string of the molecule is O=C1O[C@H]([C@@H](O)CO)[C@@H]([C@@H](O)CO)O1. The van der Waals surface area contributed by atoms with Gasteiger partial charge in [0.25, 0.3) is 0 Å². The van der Waals surface area contributed by atoms with E-state index in [1.807, 2.05) is 0 Å². The topological polar surface area (TPSA) is 116 Å². The van der Waals surface area contributed by atoms with E-state index in [1.165, 1.54) is 0 Å². The Morgan fingerprint density at radius 3 is 1.71 bits per heavy atom. The van der Waals surface area contributed by atoms with Crippen LogP contribution in [0.15, 0.2) is 0 Å². The lowest BCUT2D eigenvalue weighted by molar-refractivity contribution is -0.0640. The van der Waals surface area contributed by atoms with Crippen molar-refractivity contribution in [2.75, 3.05) is 13.2 Å². The van der Waals surface area contributed by atoms with Crippen LogP contribution in [0.4, 0.5) is 4.79 Å². The maximum atomic E-state index is 10.7. The van der Waals surface area contributed by atoms with Gasteiger partial charge in [0.05, 0.1) is 13.2 Å². The van der Waals surface area contributed by atoms with Gasteiger partial charge in [0.2, 0.25) is 0 Å². The number of rotatable bonds is 4. The predicted molar refractivity (Wildman–Crippen MR) is 41.3 cm³/mol. The van der Waals surface area contributed by atoms with Crippen molar-refractivity contribution >= 4 is 6.16 Å². The zero-order valence-electron chi connectivity index (χ0n) is 7.24. The Labute approximate surface area is 79.5 Å². The summed E-state index contributed by atoms with van der Waals surface area (Å²) in [5.74, 6) is 0. The highest BCUT2D eigenvalue weighted by Crippen LogP contribution is 2.21. The molecule has 0 aromatic heterocycles. The molecule has 4 N–H and O–H groups in total. The first-order valence-electron chi connectivity index (χ1n) is 4.05. The molecule has 82 valence electrons. The number of carbonyl (C=O) groups excluding carboxylic acids is 1. The third-order valence-electron chi connectivity index (χ3n) is 1.92. The summed E-state index contributed by atoms with van der Waals surface area (Å²) in [4.78, 5) is 10.7. The van der Waals surface area contributed by atoms with Crippen LogP contribution in [0.2, 0.25) is 0 Å². The average molecular weight is 208 g/mol. The van der Waals surface area contributed by atoms with Crippen LogP contribution in [0.1, 0.15) is 0 Å². The second-order valence-corrected chi connectivity index (χ2v) is 2.91. The largest absolute Gasteiger partial charge is 0.509 e. The van der Waals surface area contributed by atoms with Crippen LogP contribution in [-0.2, 0) is 9.47 Å². The lowest BCUT2D eigenvalue weighted by Gasteiger charge is -2.21. The van der Waals surface area contributed by atoms with Crippen LogP contribution in [-0.4, -0.2) is 64.2 Å². The Morgan fingerprint density at radius 2 is 1.43 bits per heavy atom. The number of aliphatic hydroxyl groups is 4. The Balaban J connectivity index is 2.67. The summed E-state index contributed by atoms with van der Waals surface area (Å²) < 4.78 is 9.01. The molecule has 1 saturated heterocycles. The molecule has 7 nitrogen and oxygen atoms in total. The van der Waals surface area contributed by atoms with E-state index in [2.05, 4.69) is 9.47 Å². The van der Waals surface area contributed by atoms with Gasteiger partial charge in [-0.05, 0) is 0 Å². The number of carbonyl (C=O) groups is 1. The number of cyclic esters (lactones) is 2. The summed E-state index contributed by atoms with van der Waals surface area (Å²) in [6.07, 6.45) is -6.04. The second kappa shape index (κ2) is 4.56. The highest BCUT2D eigenvalue weighted by Gasteiger charge is 2.44. The van der Waals surface area contributed by atoms with Gasteiger partial charge in [0.15, 0.2) is 12.2 Å². The van der Waals surface area contributed by atoms with Crippen molar-refractivity contribution in [2.45, 2.75) is 24.4 Å². The van der Waals surface area contributed by atoms with Gasteiger partial charge in [-0.2, -0.15) is 0 Å². The second-order valence-electron chi connectivity index (χ2n) is 2.91. The maximum absolute atomic E-state index is 10.7. The fourth-order valence-electron chi connectivity index (χ4n) is 1.19. The number of aliphatic hydroxyl groups excluding tert-OH is 4. The molecule has 7 heteroatoms. The Morgan fingerprint density at radius 1 is 1.07 bits per heavy atom. The molecule has 0 radical (unpaired) electrons. The molecule has 1 fully saturated rings. The average Bonchev–Trinajstić information content (AvgIpc) is 2.58. The lowest BCUT2D eigenvalue weighted by atomic mass is 10.0. The summed E-state index contributed by atoms with van der Waals surface area (Å²) in [6.45, 7) is -1.26. The van der Waals surface area contributed by atoms with Gasteiger partial charge in [-0.1, -0.05) is 0 Å². The number of hydrogen-bond donors (Lipinski definition) is 4. The lowest BCUT2D eigenvalue weighted by Crippen LogP contribution is -2.45. The standard InChI is InChI=1S/C7H12O7/c8-1-3(10)5-6(4(11)2-9)14-7(12)13-5/h3-6,8-11H,1-2H2/t3-,4-,5+,6+/m0/s1. The predicted octanol–water partition coefficient (Wildman–Crippen LogP) is -2.40. The van der Waals surface area contributed by atoms with Crippen LogP contribution in [0.5, 0.6) is 0 Å². The molecule has 0 aromatic rings. The van der Waals surface area contributed by atoms with Gasteiger partial charge in [-0.25, -0.2) is 4.79 Å². The number of ether oxygens (including phenoxy) is 2. The van der Waals surface area contributed by atoms with Crippen molar-refractivity contribution < 1.29 is 34.7 Å². The van der Waals surface area contributed by atoms with Crippen LogP contribution < -0.4 is 0 Å². The first-order chi connectivity index (χ1) is 6.60. The zero-order valence-corrected chi connectivity index (χ0v) is 7.24. The van der Waals surface area contributed by atoms with E-state index in [0.717, 1.165) is 0 Å². The highest BCUT2D eigenvalue weighted by molar-refractivity contribution is 5.62. The van der Waals surface area contributed by atoms with Crippen molar-refractivity contribution in [1.82, 2.24) is 0 Å². The van der Waals surface area contributed by atoms with Crippen molar-refractivity contribution in [3.05, 3.63) is 0 Å². The number of hydrogen-bond acceptors (Lipinski definition) is 7. The van der Waals surface area contributed by atoms with E-state index >= 15 is 0 Å². The molecule has 0 bridgehead atoms. The normalized spacial score (nSPS) is 30.7. The molecular weight excluding hydrogens is 196 g/mol. The van der Waals surface area contributed by atoms with E-state index in [4.69, 9.17) is 10.2 Å². The maximum Gasteiger partial charge on any atom is 0.509 e. The van der Waals surface area contributed by atoms with Crippen LogP contribution in [0, 0.1) is 0 Å². The van der Waals surface area contributed by atoms with E-state index in [0.29, 0.717) is 0 Å². The first kappa shape index (κ1) is 11.2. The summed E-state index contributed by atoms with van der Waals surface area (Å²) in [7, 11) is 0. The molecule has 0 amide bonds. The minimum atomic E-state index is -1.34. The van der Waals surface area contributed by atoms with E-state index in [9.17, 15) is 15.0 Å². The van der Waals surface area contributed by atoms with Crippen molar-refractivity contribution in [3.63, 3.8) is 0 Å². The van der Waals surface area contributed by atoms with Gasteiger partial charge < -0.3 is 29.9 Å². The fraction of sp³-hybridized carbons (Fsp3) is 0.857. The Bertz CT molecular complexity index is 186. The molecule has 1 heterocycles. The third-order valence-corrected chi connectivity index (χ3v) is 1.92. The van der Waals surface area contributed by atoms with Gasteiger partial charge in [0.1, 0.15) is 12.2 Å². The van der Waals surface area contributed by atoms with Gasteiger partial charge in [-0.15, -0.1) is 0 Å². The first-order valence-corrected chi connectivity index (χ1v) is 4.05. The summed E-state index contributed by atoms with van der Waals surface area (Å²) in [5.41, 5.74) is 0.